The van der Waals surface area contributed by atoms with Gasteiger partial charge in [0.25, 0.3) is 5.91 Å². The molecule has 1 amide bonds. The van der Waals surface area contributed by atoms with E-state index in [1.165, 1.54) is 4.90 Å². The number of hydrogen-bond acceptors (Lipinski definition) is 6. The molecule has 8 heteroatoms. The first-order valence-electron chi connectivity index (χ1n) is 9.92. The van der Waals surface area contributed by atoms with Crippen LogP contribution >= 0.6 is 0 Å². The molecule has 8 nitrogen and oxygen atoms in total. The van der Waals surface area contributed by atoms with Crippen molar-refractivity contribution in [1.82, 2.24) is 24.8 Å². The fourth-order valence-electron chi connectivity index (χ4n) is 3.47. The van der Waals surface area contributed by atoms with Crippen molar-refractivity contribution in [3.8, 4) is 5.75 Å². The summed E-state index contributed by atoms with van der Waals surface area (Å²) in [7, 11) is 3.31. The SMILES string of the molecule is COc1ccc(/C=C/CN2CCC[C@H](n3cc(C(=O)N(C)CCO)nn3)C2)cc1. The molecule has 1 N–H and O–H groups in total. The molecule has 2 heterocycles. The summed E-state index contributed by atoms with van der Waals surface area (Å²) in [6, 6.07) is 8.19. The van der Waals surface area contributed by atoms with Gasteiger partial charge in [0.1, 0.15) is 5.75 Å². The van der Waals surface area contributed by atoms with Gasteiger partial charge in [-0.25, -0.2) is 4.68 Å². The lowest BCUT2D eigenvalue weighted by Gasteiger charge is -2.31. The van der Waals surface area contributed by atoms with E-state index in [1.807, 2.05) is 24.3 Å². The van der Waals surface area contributed by atoms with Crippen molar-refractivity contribution in [2.75, 3.05) is 46.9 Å². The molecule has 0 saturated carbocycles. The topological polar surface area (TPSA) is 83.7 Å². The van der Waals surface area contributed by atoms with Crippen LogP contribution < -0.4 is 4.74 Å². The fourth-order valence-corrected chi connectivity index (χ4v) is 3.47. The Morgan fingerprint density at radius 1 is 1.38 bits per heavy atom. The Hall–Kier alpha value is -2.71. The van der Waals surface area contributed by atoms with Gasteiger partial charge in [-0.3, -0.25) is 9.69 Å². The third kappa shape index (κ3) is 5.65. The zero-order chi connectivity index (χ0) is 20.6. The van der Waals surface area contributed by atoms with Crippen LogP contribution in [0.25, 0.3) is 6.08 Å². The number of likely N-dealkylation sites (tertiary alicyclic amines) is 1. The van der Waals surface area contributed by atoms with Gasteiger partial charge >= 0.3 is 0 Å². The molecule has 1 aromatic carbocycles. The Bertz CT molecular complexity index is 818. The highest BCUT2D eigenvalue weighted by Crippen LogP contribution is 2.21. The van der Waals surface area contributed by atoms with Gasteiger partial charge in [0.05, 0.1) is 26.0 Å². The van der Waals surface area contributed by atoms with Crippen molar-refractivity contribution in [3.05, 3.63) is 47.8 Å². The molecule has 1 saturated heterocycles. The van der Waals surface area contributed by atoms with Gasteiger partial charge in [-0.1, -0.05) is 29.5 Å². The summed E-state index contributed by atoms with van der Waals surface area (Å²) in [5.41, 5.74) is 1.46. The van der Waals surface area contributed by atoms with Crippen molar-refractivity contribution in [2.45, 2.75) is 18.9 Å². The van der Waals surface area contributed by atoms with Crippen molar-refractivity contribution >= 4 is 12.0 Å². The van der Waals surface area contributed by atoms with Crippen molar-refractivity contribution in [3.63, 3.8) is 0 Å². The quantitative estimate of drug-likeness (QED) is 0.727. The lowest BCUT2D eigenvalue weighted by Crippen LogP contribution is -2.36. The molecule has 1 aromatic heterocycles. The van der Waals surface area contributed by atoms with Gasteiger partial charge in [-0.2, -0.15) is 0 Å². The van der Waals surface area contributed by atoms with Gasteiger partial charge in [-0.15, -0.1) is 5.10 Å². The minimum Gasteiger partial charge on any atom is -0.497 e. The first-order chi connectivity index (χ1) is 14.1. The molecular weight excluding hydrogens is 370 g/mol. The average Bonchev–Trinajstić information content (AvgIpc) is 3.24. The van der Waals surface area contributed by atoms with Crippen LogP contribution in [0, 0.1) is 0 Å². The van der Waals surface area contributed by atoms with E-state index in [0.29, 0.717) is 5.69 Å². The van der Waals surface area contributed by atoms with E-state index in [2.05, 4.69) is 27.4 Å². The molecule has 1 atom stereocenters. The maximum atomic E-state index is 12.3. The Morgan fingerprint density at radius 2 is 2.17 bits per heavy atom. The number of piperidine rings is 1. The molecular formula is C21H29N5O3. The summed E-state index contributed by atoms with van der Waals surface area (Å²) in [5.74, 6) is 0.634. The molecule has 2 aromatic rings. The molecule has 29 heavy (non-hydrogen) atoms. The van der Waals surface area contributed by atoms with E-state index in [9.17, 15) is 4.79 Å². The number of methoxy groups -OCH3 is 1. The Morgan fingerprint density at radius 3 is 2.90 bits per heavy atom. The van der Waals surface area contributed by atoms with Crippen LogP contribution in [0.5, 0.6) is 5.75 Å². The summed E-state index contributed by atoms with van der Waals surface area (Å²) >= 11 is 0. The van der Waals surface area contributed by atoms with E-state index in [-0.39, 0.29) is 25.1 Å². The van der Waals surface area contributed by atoms with E-state index < -0.39 is 0 Å². The third-order valence-electron chi connectivity index (χ3n) is 5.16. The molecule has 0 bridgehead atoms. The van der Waals surface area contributed by atoms with E-state index in [1.54, 1.807) is 25.0 Å². The first-order valence-corrected chi connectivity index (χ1v) is 9.92. The second kappa shape index (κ2) is 10.2. The van der Waals surface area contributed by atoms with Crippen molar-refractivity contribution in [2.24, 2.45) is 0 Å². The average molecular weight is 399 g/mol. The van der Waals surface area contributed by atoms with E-state index in [4.69, 9.17) is 9.84 Å². The lowest BCUT2D eigenvalue weighted by atomic mass is 10.1. The van der Waals surface area contributed by atoms with E-state index in [0.717, 1.165) is 43.8 Å². The summed E-state index contributed by atoms with van der Waals surface area (Å²) in [5, 5.41) is 17.2. The summed E-state index contributed by atoms with van der Waals surface area (Å²) in [6.07, 6.45) is 8.10. The Balaban J connectivity index is 1.55. The maximum absolute atomic E-state index is 12.3. The number of nitrogens with zero attached hydrogens (tertiary/aromatic N) is 5. The van der Waals surface area contributed by atoms with Crippen molar-refractivity contribution < 1.29 is 14.6 Å². The van der Waals surface area contributed by atoms with Crippen LogP contribution in [-0.4, -0.2) is 82.8 Å². The number of carbonyl (C=O) groups excluding carboxylic acids is 1. The smallest absolute Gasteiger partial charge is 0.275 e. The van der Waals surface area contributed by atoms with Crippen LogP contribution in [0.1, 0.15) is 34.9 Å². The van der Waals surface area contributed by atoms with Gasteiger partial charge in [0.2, 0.25) is 0 Å². The summed E-state index contributed by atoms with van der Waals surface area (Å²) < 4.78 is 6.99. The molecule has 0 unspecified atom stereocenters. The number of likely N-dealkylation sites (N-methyl/N-ethyl adjacent to an activating group) is 1. The first kappa shape index (κ1) is 21.0. The molecule has 1 fully saturated rings. The monoisotopic (exact) mass is 399 g/mol. The second-order valence-corrected chi connectivity index (χ2v) is 7.27. The molecule has 1 aliphatic rings. The number of hydrogen-bond donors (Lipinski definition) is 1. The van der Waals surface area contributed by atoms with Gasteiger partial charge < -0.3 is 14.7 Å². The Kier molecular flexibility index (Phi) is 7.37. The Labute approximate surface area is 171 Å². The summed E-state index contributed by atoms with van der Waals surface area (Å²) in [4.78, 5) is 16.1. The second-order valence-electron chi connectivity index (χ2n) is 7.27. The minimum atomic E-state index is -0.222. The van der Waals surface area contributed by atoms with Gasteiger partial charge in [0.15, 0.2) is 5.69 Å². The highest BCUT2D eigenvalue weighted by molar-refractivity contribution is 5.91. The van der Waals surface area contributed by atoms with Crippen LogP contribution in [0.4, 0.5) is 0 Å². The molecule has 0 spiro atoms. The van der Waals surface area contributed by atoms with Crippen LogP contribution in [0.15, 0.2) is 36.5 Å². The number of benzene rings is 1. The van der Waals surface area contributed by atoms with Gasteiger partial charge in [0, 0.05) is 26.7 Å². The van der Waals surface area contributed by atoms with Gasteiger partial charge in [-0.05, 0) is 37.1 Å². The fraction of sp³-hybridized carbons (Fsp3) is 0.476. The number of carbonyl (C=O) groups is 1. The molecule has 0 aliphatic carbocycles. The normalized spacial score (nSPS) is 17.6. The predicted molar refractivity (Wildman–Crippen MR) is 111 cm³/mol. The number of aromatic nitrogens is 3. The molecule has 0 radical (unpaired) electrons. The number of amides is 1. The van der Waals surface area contributed by atoms with Crippen molar-refractivity contribution in [1.29, 1.82) is 0 Å². The highest BCUT2D eigenvalue weighted by Gasteiger charge is 2.23. The standard InChI is InChI=1S/C21H29N5O3/c1-24(13-14-27)21(28)20-16-26(23-22-20)18-6-4-12-25(15-18)11-3-5-17-7-9-19(29-2)10-8-17/h3,5,7-10,16,18,27H,4,6,11-15H2,1-2H3/b5-3+/t18-/m0/s1. The zero-order valence-corrected chi connectivity index (χ0v) is 17.1. The molecule has 1 aliphatic heterocycles. The summed E-state index contributed by atoms with van der Waals surface area (Å²) in [6.45, 7) is 2.99. The van der Waals surface area contributed by atoms with Crippen LogP contribution in [0.2, 0.25) is 0 Å². The molecule has 156 valence electrons. The number of aliphatic hydroxyl groups is 1. The highest BCUT2D eigenvalue weighted by atomic mass is 16.5. The zero-order valence-electron chi connectivity index (χ0n) is 17.1. The third-order valence-corrected chi connectivity index (χ3v) is 5.16. The van der Waals surface area contributed by atoms with Crippen LogP contribution in [-0.2, 0) is 0 Å². The lowest BCUT2D eigenvalue weighted by molar-refractivity contribution is 0.0761. The van der Waals surface area contributed by atoms with Crippen LogP contribution in [0.3, 0.4) is 0 Å². The van der Waals surface area contributed by atoms with E-state index >= 15 is 0 Å². The predicted octanol–water partition coefficient (Wildman–Crippen LogP) is 1.70. The number of aliphatic hydroxyl groups excluding tert-OH is 1. The number of rotatable bonds is 8. The molecule has 3 rings (SSSR count). The maximum Gasteiger partial charge on any atom is 0.275 e. The largest absolute Gasteiger partial charge is 0.497 e. The minimum absolute atomic E-state index is 0.0714. The number of ether oxygens (including phenoxy) is 1.